The van der Waals surface area contributed by atoms with E-state index in [9.17, 15) is 0 Å². The topological polar surface area (TPSA) is 30.2 Å². The molecule has 3 nitrogen and oxygen atoms in total. The molecule has 0 amide bonds. The van der Waals surface area contributed by atoms with Crippen LogP contribution >= 0.6 is 11.3 Å². The van der Waals surface area contributed by atoms with E-state index in [4.69, 9.17) is 10.1 Å². The zero-order valence-electron chi connectivity index (χ0n) is 17.3. The van der Waals surface area contributed by atoms with E-state index < -0.39 is 0 Å². The Morgan fingerprint density at radius 2 is 1.71 bits per heavy atom. The lowest BCUT2D eigenvalue weighted by Crippen LogP contribution is -2.05. The molecule has 3 heterocycles. The summed E-state index contributed by atoms with van der Waals surface area (Å²) in [5, 5.41) is 4.87. The third-order valence-corrected chi connectivity index (χ3v) is 6.82. The summed E-state index contributed by atoms with van der Waals surface area (Å²) in [6.07, 6.45) is 2.24. The van der Waals surface area contributed by atoms with Crippen LogP contribution in [-0.2, 0) is 0 Å². The van der Waals surface area contributed by atoms with Crippen molar-refractivity contribution in [3.63, 3.8) is 0 Å². The van der Waals surface area contributed by atoms with Gasteiger partial charge in [-0.25, -0.2) is 9.50 Å². The lowest BCUT2D eigenvalue weighted by Gasteiger charge is -2.14. The molecule has 0 N–H and O–H groups in total. The van der Waals surface area contributed by atoms with Crippen molar-refractivity contribution in [1.29, 1.82) is 0 Å². The summed E-state index contributed by atoms with van der Waals surface area (Å²) in [5.74, 6) is 0.517. The maximum Gasteiger partial charge on any atom is 0.158 e. The standard InChI is InChI=1S/C24H27N3S/c1-6-18(7-2)20-14-16(4)26-27-22(17(5)25-24(20)27)23-15(3)13-21(28-23)19-11-9-8-10-12-19/h8-14,18H,6-7H2,1-5H3. The molecule has 28 heavy (non-hydrogen) atoms. The fourth-order valence-electron chi connectivity index (χ4n) is 4.03. The molecule has 0 bridgehead atoms. The Kier molecular flexibility index (Phi) is 5.07. The van der Waals surface area contributed by atoms with Crippen molar-refractivity contribution in [2.45, 2.75) is 53.4 Å². The van der Waals surface area contributed by atoms with Gasteiger partial charge in [-0.05, 0) is 62.8 Å². The van der Waals surface area contributed by atoms with Crippen LogP contribution in [0.25, 0.3) is 26.7 Å². The fraction of sp³-hybridized carbons (Fsp3) is 0.333. The number of aryl methyl sites for hydroxylation is 3. The second-order valence-corrected chi connectivity index (χ2v) is 8.58. The second-order valence-electron chi connectivity index (χ2n) is 7.52. The van der Waals surface area contributed by atoms with Crippen LogP contribution in [0.3, 0.4) is 0 Å². The molecule has 0 aliphatic heterocycles. The first-order valence-electron chi connectivity index (χ1n) is 10.1. The third kappa shape index (κ3) is 3.16. The Balaban J connectivity index is 1.93. The maximum atomic E-state index is 4.98. The number of nitrogens with zero attached hydrogens (tertiary/aromatic N) is 3. The lowest BCUT2D eigenvalue weighted by molar-refractivity contribution is 0.638. The Morgan fingerprint density at radius 3 is 2.39 bits per heavy atom. The van der Waals surface area contributed by atoms with Gasteiger partial charge in [0.15, 0.2) is 5.65 Å². The van der Waals surface area contributed by atoms with E-state index in [1.165, 1.54) is 26.4 Å². The summed E-state index contributed by atoms with van der Waals surface area (Å²) < 4.78 is 2.09. The number of benzene rings is 1. The molecule has 0 aliphatic rings. The molecule has 3 aromatic heterocycles. The molecule has 0 saturated heterocycles. The zero-order valence-corrected chi connectivity index (χ0v) is 18.1. The van der Waals surface area contributed by atoms with Gasteiger partial charge in [-0.15, -0.1) is 11.3 Å². The van der Waals surface area contributed by atoms with Crippen molar-refractivity contribution in [2.75, 3.05) is 0 Å². The molecule has 0 saturated carbocycles. The van der Waals surface area contributed by atoms with Crippen LogP contribution in [0.4, 0.5) is 0 Å². The van der Waals surface area contributed by atoms with Gasteiger partial charge >= 0.3 is 0 Å². The Labute approximate surface area is 171 Å². The van der Waals surface area contributed by atoms with Gasteiger partial charge in [-0.2, -0.15) is 5.10 Å². The minimum absolute atomic E-state index is 0.517. The van der Waals surface area contributed by atoms with E-state index >= 15 is 0 Å². The van der Waals surface area contributed by atoms with E-state index in [1.807, 2.05) is 11.3 Å². The number of thiophene rings is 1. The average molecular weight is 390 g/mol. The maximum absolute atomic E-state index is 4.98. The van der Waals surface area contributed by atoms with Crippen LogP contribution in [0, 0.1) is 20.8 Å². The molecule has 0 atom stereocenters. The smallest absolute Gasteiger partial charge is 0.158 e. The van der Waals surface area contributed by atoms with Crippen molar-refractivity contribution >= 4 is 17.0 Å². The zero-order chi connectivity index (χ0) is 19.8. The number of fused-ring (bicyclic) bond motifs is 1. The minimum Gasteiger partial charge on any atom is -0.231 e. The highest BCUT2D eigenvalue weighted by molar-refractivity contribution is 7.19. The van der Waals surface area contributed by atoms with Gasteiger partial charge in [-0.1, -0.05) is 44.2 Å². The first kappa shape index (κ1) is 18.9. The highest BCUT2D eigenvalue weighted by atomic mass is 32.1. The Hall–Kier alpha value is -2.46. The predicted molar refractivity (Wildman–Crippen MR) is 119 cm³/mol. The van der Waals surface area contributed by atoms with Crippen LogP contribution in [0.5, 0.6) is 0 Å². The molecule has 0 fully saturated rings. The SMILES string of the molecule is CCC(CC)c1cc(C)nn2c(-c3sc(-c4ccccc4)cc3C)c(C)nc12. The average Bonchev–Trinajstić information content (AvgIpc) is 3.22. The fourth-order valence-corrected chi connectivity index (χ4v) is 5.29. The Morgan fingerprint density at radius 1 is 1.00 bits per heavy atom. The minimum atomic E-state index is 0.517. The van der Waals surface area contributed by atoms with Gasteiger partial charge in [0.2, 0.25) is 0 Å². The largest absolute Gasteiger partial charge is 0.231 e. The molecule has 144 valence electrons. The predicted octanol–water partition coefficient (Wildman–Crippen LogP) is 6.95. The summed E-state index contributed by atoms with van der Waals surface area (Å²) in [6.45, 7) is 10.9. The number of hydrogen-bond acceptors (Lipinski definition) is 3. The van der Waals surface area contributed by atoms with Gasteiger partial charge in [0.1, 0.15) is 5.69 Å². The number of rotatable bonds is 5. The van der Waals surface area contributed by atoms with E-state index in [0.29, 0.717) is 5.92 Å². The van der Waals surface area contributed by atoms with Crippen molar-refractivity contribution < 1.29 is 0 Å². The molecular weight excluding hydrogens is 362 g/mol. The monoisotopic (exact) mass is 389 g/mol. The highest BCUT2D eigenvalue weighted by Crippen LogP contribution is 2.40. The molecule has 0 radical (unpaired) electrons. The molecule has 1 aromatic carbocycles. The van der Waals surface area contributed by atoms with Gasteiger partial charge in [0.05, 0.1) is 16.3 Å². The molecular formula is C24H27N3S. The summed E-state index contributed by atoms with van der Waals surface area (Å²) in [4.78, 5) is 7.53. The van der Waals surface area contributed by atoms with Crippen molar-refractivity contribution in [2.24, 2.45) is 0 Å². The van der Waals surface area contributed by atoms with E-state index in [0.717, 1.165) is 35.6 Å². The normalized spacial score (nSPS) is 11.6. The summed E-state index contributed by atoms with van der Waals surface area (Å²) in [6, 6.07) is 15.1. The van der Waals surface area contributed by atoms with Crippen LogP contribution in [0.15, 0.2) is 42.5 Å². The van der Waals surface area contributed by atoms with Crippen molar-refractivity contribution in [3.8, 4) is 21.0 Å². The highest BCUT2D eigenvalue weighted by Gasteiger charge is 2.22. The van der Waals surface area contributed by atoms with Crippen LogP contribution < -0.4 is 0 Å². The van der Waals surface area contributed by atoms with E-state index in [2.05, 4.69) is 81.6 Å². The second kappa shape index (κ2) is 7.51. The first-order chi connectivity index (χ1) is 13.5. The quantitative estimate of drug-likeness (QED) is 0.369. The summed E-state index contributed by atoms with van der Waals surface area (Å²) in [7, 11) is 0. The Bertz CT molecular complexity index is 1120. The van der Waals surface area contributed by atoms with Gasteiger partial charge < -0.3 is 0 Å². The molecule has 0 spiro atoms. The summed E-state index contributed by atoms with van der Waals surface area (Å²) >= 11 is 1.83. The van der Waals surface area contributed by atoms with Gasteiger partial charge in [0.25, 0.3) is 0 Å². The molecule has 4 heteroatoms. The number of imidazole rings is 1. The molecule has 4 rings (SSSR count). The van der Waals surface area contributed by atoms with Gasteiger partial charge in [0, 0.05) is 10.4 Å². The lowest BCUT2D eigenvalue weighted by atomic mass is 9.95. The van der Waals surface area contributed by atoms with Crippen LogP contribution in [-0.4, -0.2) is 14.6 Å². The van der Waals surface area contributed by atoms with Crippen molar-refractivity contribution in [3.05, 3.63) is 65.0 Å². The number of hydrogen-bond donors (Lipinski definition) is 0. The molecule has 0 aliphatic carbocycles. The first-order valence-corrected chi connectivity index (χ1v) is 10.9. The van der Waals surface area contributed by atoms with Crippen LogP contribution in [0.1, 0.15) is 55.1 Å². The van der Waals surface area contributed by atoms with Crippen LogP contribution in [0.2, 0.25) is 0 Å². The van der Waals surface area contributed by atoms with Crippen molar-refractivity contribution in [1.82, 2.24) is 14.6 Å². The van der Waals surface area contributed by atoms with E-state index in [-0.39, 0.29) is 0 Å². The van der Waals surface area contributed by atoms with E-state index in [1.54, 1.807) is 0 Å². The third-order valence-electron chi connectivity index (χ3n) is 5.53. The molecule has 0 unspecified atom stereocenters. The summed E-state index contributed by atoms with van der Waals surface area (Å²) in [5.41, 5.74) is 8.11. The van der Waals surface area contributed by atoms with Gasteiger partial charge in [-0.3, -0.25) is 0 Å². The molecule has 4 aromatic rings. The number of aromatic nitrogens is 3.